The van der Waals surface area contributed by atoms with Crippen molar-refractivity contribution in [3.05, 3.63) is 34.1 Å². The molecule has 1 N–H and O–H groups in total. The van der Waals surface area contributed by atoms with Crippen LogP contribution in [0.1, 0.15) is 25.8 Å². The van der Waals surface area contributed by atoms with Gasteiger partial charge >= 0.3 is 0 Å². The van der Waals surface area contributed by atoms with Crippen LogP contribution in [0.4, 0.5) is 4.39 Å². The molecule has 17 heavy (non-hydrogen) atoms. The number of rotatable bonds is 6. The topological polar surface area (TPSA) is 12.0 Å². The Balaban J connectivity index is 2.59. The molecular formula is C13H18BrClFN. The fourth-order valence-electron chi connectivity index (χ4n) is 1.69. The lowest BCUT2D eigenvalue weighted by Crippen LogP contribution is -2.34. The molecule has 0 bridgehead atoms. The van der Waals surface area contributed by atoms with Gasteiger partial charge in [0.25, 0.3) is 0 Å². The van der Waals surface area contributed by atoms with Gasteiger partial charge in [-0.2, -0.15) is 0 Å². The first-order valence-corrected chi connectivity index (χ1v) is 7.10. The van der Waals surface area contributed by atoms with Gasteiger partial charge in [-0.1, -0.05) is 35.8 Å². The molecule has 0 amide bonds. The highest BCUT2D eigenvalue weighted by atomic mass is 79.9. The second-order valence-electron chi connectivity index (χ2n) is 4.44. The number of hydrogen-bond acceptors (Lipinski definition) is 1. The zero-order valence-corrected chi connectivity index (χ0v) is 12.5. The highest BCUT2D eigenvalue weighted by Gasteiger charge is 2.12. The van der Waals surface area contributed by atoms with Gasteiger partial charge in [-0.3, -0.25) is 0 Å². The fourth-order valence-corrected chi connectivity index (χ4v) is 2.26. The Kier molecular flexibility index (Phi) is 6.45. The van der Waals surface area contributed by atoms with E-state index < -0.39 is 0 Å². The van der Waals surface area contributed by atoms with Crippen LogP contribution in [0, 0.1) is 11.7 Å². The Morgan fingerprint density at radius 1 is 1.41 bits per heavy atom. The van der Waals surface area contributed by atoms with Crippen molar-refractivity contribution in [2.75, 3.05) is 5.88 Å². The third-order valence-electron chi connectivity index (χ3n) is 2.79. The quantitative estimate of drug-likeness (QED) is 0.769. The molecule has 96 valence electrons. The van der Waals surface area contributed by atoms with Gasteiger partial charge in [-0.15, -0.1) is 11.6 Å². The first-order chi connectivity index (χ1) is 8.04. The zero-order chi connectivity index (χ0) is 12.8. The number of benzene rings is 1. The van der Waals surface area contributed by atoms with Gasteiger partial charge in [0.1, 0.15) is 5.82 Å². The van der Waals surface area contributed by atoms with Crippen molar-refractivity contribution in [2.45, 2.75) is 32.9 Å². The van der Waals surface area contributed by atoms with Crippen molar-refractivity contribution < 1.29 is 4.39 Å². The van der Waals surface area contributed by atoms with E-state index in [1.165, 1.54) is 6.07 Å². The van der Waals surface area contributed by atoms with E-state index in [1.807, 2.05) is 6.07 Å². The first-order valence-electron chi connectivity index (χ1n) is 5.78. The molecule has 0 radical (unpaired) electrons. The van der Waals surface area contributed by atoms with Crippen LogP contribution in [0.25, 0.3) is 0 Å². The second-order valence-corrected chi connectivity index (χ2v) is 5.74. The van der Waals surface area contributed by atoms with Crippen LogP contribution in [0.5, 0.6) is 0 Å². The lowest BCUT2D eigenvalue weighted by atomic mass is 10.0. The molecule has 0 saturated carbocycles. The van der Waals surface area contributed by atoms with Crippen molar-refractivity contribution >= 4 is 27.5 Å². The molecule has 0 aliphatic carbocycles. The van der Waals surface area contributed by atoms with Crippen molar-refractivity contribution in [3.8, 4) is 0 Å². The highest BCUT2D eigenvalue weighted by Crippen LogP contribution is 2.16. The summed E-state index contributed by atoms with van der Waals surface area (Å²) in [6, 6.07) is 5.47. The largest absolute Gasteiger partial charge is 0.310 e. The molecule has 1 nitrogen and oxygen atoms in total. The van der Waals surface area contributed by atoms with Crippen molar-refractivity contribution in [1.29, 1.82) is 0 Å². The minimum atomic E-state index is -0.180. The molecule has 0 saturated heterocycles. The molecule has 1 atom stereocenters. The van der Waals surface area contributed by atoms with Crippen LogP contribution in [-0.2, 0) is 6.54 Å². The number of nitrogens with one attached hydrogen (secondary N) is 1. The van der Waals surface area contributed by atoms with Crippen molar-refractivity contribution in [1.82, 2.24) is 5.32 Å². The minimum Gasteiger partial charge on any atom is -0.310 e. The lowest BCUT2D eigenvalue weighted by Gasteiger charge is -2.21. The number of halogens is 3. The molecule has 1 aromatic carbocycles. The summed E-state index contributed by atoms with van der Waals surface area (Å²) in [5.41, 5.74) is 0.688. The number of alkyl halides is 1. The van der Waals surface area contributed by atoms with E-state index in [2.05, 4.69) is 35.1 Å². The Labute approximate surface area is 116 Å². The normalized spacial score (nSPS) is 13.1. The lowest BCUT2D eigenvalue weighted by molar-refractivity contribution is 0.386. The Bertz CT molecular complexity index is 357. The fraction of sp³-hybridized carbons (Fsp3) is 0.538. The summed E-state index contributed by atoms with van der Waals surface area (Å²) in [6.45, 7) is 4.82. The Morgan fingerprint density at radius 2 is 2.12 bits per heavy atom. The zero-order valence-electron chi connectivity index (χ0n) is 10.1. The van der Waals surface area contributed by atoms with Gasteiger partial charge < -0.3 is 5.32 Å². The molecule has 0 aliphatic rings. The standard InChI is InChI=1S/C13H18BrClFN/c1-9(2)13(5-6-15)17-8-10-3-4-11(14)7-12(10)16/h3-4,7,9,13,17H,5-6,8H2,1-2H3. The molecule has 0 spiro atoms. The first kappa shape index (κ1) is 14.9. The minimum absolute atomic E-state index is 0.180. The maximum atomic E-state index is 13.6. The van der Waals surface area contributed by atoms with Gasteiger partial charge in [0.15, 0.2) is 0 Å². The predicted molar refractivity (Wildman–Crippen MR) is 74.9 cm³/mol. The van der Waals surface area contributed by atoms with Crippen molar-refractivity contribution in [3.63, 3.8) is 0 Å². The summed E-state index contributed by atoms with van der Waals surface area (Å²) in [5, 5.41) is 3.36. The molecule has 0 heterocycles. The van der Waals surface area contributed by atoms with Crippen LogP contribution >= 0.6 is 27.5 Å². The second kappa shape index (κ2) is 7.34. The summed E-state index contributed by atoms with van der Waals surface area (Å²) in [5.74, 6) is 0.936. The average Bonchev–Trinajstić information content (AvgIpc) is 2.25. The molecule has 0 fully saturated rings. The van der Waals surface area contributed by atoms with Gasteiger partial charge in [-0.05, 0) is 24.5 Å². The summed E-state index contributed by atoms with van der Waals surface area (Å²) in [7, 11) is 0. The van der Waals surface area contributed by atoms with Crippen LogP contribution in [0.15, 0.2) is 22.7 Å². The van der Waals surface area contributed by atoms with Crippen LogP contribution < -0.4 is 5.32 Å². The summed E-state index contributed by atoms with van der Waals surface area (Å²) < 4.78 is 14.4. The van der Waals surface area contributed by atoms with E-state index in [-0.39, 0.29) is 5.82 Å². The molecule has 1 rings (SSSR count). The maximum absolute atomic E-state index is 13.6. The van der Waals surface area contributed by atoms with E-state index in [1.54, 1.807) is 6.07 Å². The predicted octanol–water partition coefficient (Wildman–Crippen LogP) is 4.33. The molecular weight excluding hydrogens is 305 g/mol. The molecule has 0 aliphatic heterocycles. The smallest absolute Gasteiger partial charge is 0.128 e. The number of hydrogen-bond donors (Lipinski definition) is 1. The van der Waals surface area contributed by atoms with Crippen LogP contribution in [-0.4, -0.2) is 11.9 Å². The Morgan fingerprint density at radius 3 is 2.65 bits per heavy atom. The summed E-state index contributed by atoms with van der Waals surface area (Å²) in [4.78, 5) is 0. The van der Waals surface area contributed by atoms with E-state index in [9.17, 15) is 4.39 Å². The van der Waals surface area contributed by atoms with E-state index >= 15 is 0 Å². The molecule has 0 aromatic heterocycles. The van der Waals surface area contributed by atoms with Crippen molar-refractivity contribution in [2.24, 2.45) is 5.92 Å². The highest BCUT2D eigenvalue weighted by molar-refractivity contribution is 9.10. The molecule has 1 aromatic rings. The monoisotopic (exact) mass is 321 g/mol. The SMILES string of the molecule is CC(C)C(CCCl)NCc1ccc(Br)cc1F. The van der Waals surface area contributed by atoms with Crippen LogP contribution in [0.2, 0.25) is 0 Å². The average molecular weight is 323 g/mol. The third kappa shape index (κ3) is 4.94. The van der Waals surface area contributed by atoms with Crippen LogP contribution in [0.3, 0.4) is 0 Å². The van der Waals surface area contributed by atoms with Gasteiger partial charge in [-0.25, -0.2) is 4.39 Å². The van der Waals surface area contributed by atoms with E-state index in [4.69, 9.17) is 11.6 Å². The summed E-state index contributed by atoms with van der Waals surface area (Å²) >= 11 is 9.00. The van der Waals surface area contributed by atoms with Gasteiger partial charge in [0.2, 0.25) is 0 Å². The maximum Gasteiger partial charge on any atom is 0.128 e. The molecule has 1 unspecified atom stereocenters. The van der Waals surface area contributed by atoms with Gasteiger partial charge in [0.05, 0.1) is 0 Å². The third-order valence-corrected chi connectivity index (χ3v) is 3.51. The van der Waals surface area contributed by atoms with Gasteiger partial charge in [0, 0.05) is 28.5 Å². The molecule has 4 heteroatoms. The summed E-state index contributed by atoms with van der Waals surface area (Å²) in [6.07, 6.45) is 0.900. The van der Waals surface area contributed by atoms with E-state index in [0.717, 1.165) is 10.9 Å². The Hall–Kier alpha value is -0.120. The van der Waals surface area contributed by atoms with E-state index in [0.29, 0.717) is 29.9 Å².